The molecule has 1 aromatic heterocycles. The zero-order chi connectivity index (χ0) is 25.4. The lowest BCUT2D eigenvalue weighted by atomic mass is 10.1. The molecule has 1 aliphatic carbocycles. The summed E-state index contributed by atoms with van der Waals surface area (Å²) in [5.41, 5.74) is 1.52. The Morgan fingerprint density at radius 3 is 2.53 bits per heavy atom. The summed E-state index contributed by atoms with van der Waals surface area (Å²) in [5, 5.41) is 14.3. The van der Waals surface area contributed by atoms with Gasteiger partial charge in [0.1, 0.15) is 24.2 Å². The van der Waals surface area contributed by atoms with Gasteiger partial charge in [0, 0.05) is 60.9 Å². The van der Waals surface area contributed by atoms with Gasteiger partial charge in [0.05, 0.1) is 11.2 Å². The molecule has 2 fully saturated rings. The van der Waals surface area contributed by atoms with Gasteiger partial charge < -0.3 is 19.4 Å². The van der Waals surface area contributed by atoms with Gasteiger partial charge in [-0.3, -0.25) is 9.69 Å². The molecule has 10 heteroatoms. The van der Waals surface area contributed by atoms with Gasteiger partial charge in [-0.2, -0.15) is 0 Å². The number of hydrogen-bond donors (Lipinski definition) is 1. The highest BCUT2D eigenvalue weighted by atomic mass is 35.5. The number of halogens is 2. The lowest BCUT2D eigenvalue weighted by molar-refractivity contribution is 0.0695. The quantitative estimate of drug-likeness (QED) is 0.380. The largest absolute Gasteiger partial charge is 0.477 e. The van der Waals surface area contributed by atoms with Gasteiger partial charge in [-0.15, -0.1) is 0 Å². The fourth-order valence-corrected chi connectivity index (χ4v) is 4.98. The van der Waals surface area contributed by atoms with Gasteiger partial charge in [0.15, 0.2) is 0 Å². The second-order valence-electron chi connectivity index (χ2n) is 9.10. The van der Waals surface area contributed by atoms with Crippen molar-refractivity contribution in [3.05, 3.63) is 74.8 Å². The smallest absolute Gasteiger partial charge is 0.341 e. The number of nitrogens with zero attached hydrogens (tertiary/aromatic N) is 4. The predicted molar refractivity (Wildman–Crippen MR) is 137 cm³/mol. The minimum Gasteiger partial charge on any atom is -0.477 e. The topological polar surface area (TPSA) is 87.4 Å². The molecule has 2 heterocycles. The van der Waals surface area contributed by atoms with Crippen LogP contribution in [0.25, 0.3) is 10.9 Å². The molecule has 36 heavy (non-hydrogen) atoms. The first-order valence-electron chi connectivity index (χ1n) is 11.8. The van der Waals surface area contributed by atoms with E-state index in [2.05, 4.69) is 10.1 Å². The standard InChI is InChI=1S/C26H26ClFN4O4/c1-36-29-22(17-4-2-3-5-20(17)27)15-30-8-10-31(11-9-30)24-13-23-18(12-21(24)28)25(33)19(26(34)35)14-32(23)16-6-7-16/h2-5,12-14,16H,6-11,15H2,1H3,(H,34,35)/b29-22+. The number of pyridine rings is 1. The average molecular weight is 513 g/mol. The van der Waals surface area contributed by atoms with Crippen molar-refractivity contribution in [1.82, 2.24) is 9.47 Å². The van der Waals surface area contributed by atoms with Crippen LogP contribution < -0.4 is 10.3 Å². The van der Waals surface area contributed by atoms with Gasteiger partial charge in [0.25, 0.3) is 0 Å². The summed E-state index contributed by atoms with van der Waals surface area (Å²) in [6.45, 7) is 3.01. The molecule has 0 atom stereocenters. The molecule has 0 bridgehead atoms. The van der Waals surface area contributed by atoms with Crippen LogP contribution in [0.1, 0.15) is 34.8 Å². The fourth-order valence-electron chi connectivity index (χ4n) is 4.74. The van der Waals surface area contributed by atoms with E-state index in [1.54, 1.807) is 6.07 Å². The van der Waals surface area contributed by atoms with E-state index < -0.39 is 17.2 Å². The third-order valence-corrected chi connectivity index (χ3v) is 7.07. The van der Waals surface area contributed by atoms with Crippen LogP contribution in [0, 0.1) is 5.82 Å². The van der Waals surface area contributed by atoms with E-state index in [9.17, 15) is 14.7 Å². The van der Waals surface area contributed by atoms with Gasteiger partial charge in [-0.25, -0.2) is 9.18 Å². The van der Waals surface area contributed by atoms with E-state index in [1.807, 2.05) is 33.7 Å². The van der Waals surface area contributed by atoms with Crippen molar-refractivity contribution in [2.75, 3.05) is 44.7 Å². The van der Waals surface area contributed by atoms with Crippen LogP contribution in [-0.2, 0) is 4.84 Å². The normalized spacial score (nSPS) is 17.0. The molecule has 1 saturated heterocycles. The summed E-state index contributed by atoms with van der Waals surface area (Å²) in [7, 11) is 1.50. The van der Waals surface area contributed by atoms with Crippen molar-refractivity contribution in [3.63, 3.8) is 0 Å². The molecule has 0 amide bonds. The van der Waals surface area contributed by atoms with Crippen LogP contribution in [0.4, 0.5) is 10.1 Å². The number of rotatable bonds is 7. The van der Waals surface area contributed by atoms with E-state index in [-0.39, 0.29) is 17.0 Å². The number of piperazine rings is 1. The minimum absolute atomic E-state index is 0.0989. The summed E-state index contributed by atoms with van der Waals surface area (Å²) < 4.78 is 17.1. The van der Waals surface area contributed by atoms with E-state index in [1.165, 1.54) is 19.4 Å². The molecule has 1 N–H and O–H groups in total. The van der Waals surface area contributed by atoms with Gasteiger partial charge in [-0.1, -0.05) is 35.0 Å². The van der Waals surface area contributed by atoms with Crippen LogP contribution in [0.5, 0.6) is 0 Å². The number of benzene rings is 2. The van der Waals surface area contributed by atoms with E-state index in [4.69, 9.17) is 16.4 Å². The Hall–Kier alpha value is -3.43. The van der Waals surface area contributed by atoms with Crippen LogP contribution in [-0.4, -0.2) is 66.1 Å². The molecule has 2 aliphatic rings. The first-order valence-corrected chi connectivity index (χ1v) is 12.2. The summed E-state index contributed by atoms with van der Waals surface area (Å²) in [4.78, 5) is 33.5. The van der Waals surface area contributed by atoms with Crippen molar-refractivity contribution >= 4 is 39.9 Å². The molecule has 1 aliphatic heterocycles. The zero-order valence-corrected chi connectivity index (χ0v) is 20.5. The zero-order valence-electron chi connectivity index (χ0n) is 19.8. The Balaban J connectivity index is 1.38. The number of carboxylic acid groups (broad SMARTS) is 1. The van der Waals surface area contributed by atoms with Gasteiger partial charge in [-0.05, 0) is 31.0 Å². The number of hydrogen-bond acceptors (Lipinski definition) is 6. The molecule has 5 rings (SSSR count). The lowest BCUT2D eigenvalue weighted by Gasteiger charge is -2.36. The Bertz CT molecular complexity index is 1410. The first-order chi connectivity index (χ1) is 17.4. The SMILES string of the molecule is CO/N=C(\CN1CCN(c2cc3c(cc2F)c(=O)c(C(=O)O)cn3C2CC2)CC1)c1ccccc1Cl. The third kappa shape index (κ3) is 4.68. The second kappa shape index (κ2) is 9.91. The summed E-state index contributed by atoms with van der Waals surface area (Å²) in [5.74, 6) is -1.83. The molecule has 3 aromatic rings. The van der Waals surface area contributed by atoms with Crippen molar-refractivity contribution in [1.29, 1.82) is 0 Å². The Labute approximate surface area is 212 Å². The highest BCUT2D eigenvalue weighted by Crippen LogP contribution is 2.38. The minimum atomic E-state index is -1.30. The third-order valence-electron chi connectivity index (χ3n) is 6.74. The van der Waals surface area contributed by atoms with Gasteiger partial charge >= 0.3 is 5.97 Å². The lowest BCUT2D eigenvalue weighted by Crippen LogP contribution is -2.48. The monoisotopic (exact) mass is 512 g/mol. The van der Waals surface area contributed by atoms with E-state index in [0.29, 0.717) is 49.0 Å². The number of carbonyl (C=O) groups is 1. The average Bonchev–Trinajstić information content (AvgIpc) is 3.70. The number of oxime groups is 1. The van der Waals surface area contributed by atoms with Gasteiger partial charge in [0.2, 0.25) is 5.43 Å². The number of anilines is 1. The molecule has 0 unspecified atom stereocenters. The number of fused-ring (bicyclic) bond motifs is 1. The summed E-state index contributed by atoms with van der Waals surface area (Å²) >= 11 is 6.36. The number of aromatic carboxylic acids is 1. The van der Waals surface area contributed by atoms with Crippen molar-refractivity contribution in [3.8, 4) is 0 Å². The molecule has 188 valence electrons. The maximum atomic E-state index is 15.2. The molecule has 0 radical (unpaired) electrons. The maximum Gasteiger partial charge on any atom is 0.341 e. The van der Waals surface area contributed by atoms with Crippen LogP contribution in [0.3, 0.4) is 0 Å². The first kappa shape index (κ1) is 24.3. The van der Waals surface area contributed by atoms with Crippen molar-refractivity contribution in [2.45, 2.75) is 18.9 Å². The Morgan fingerprint density at radius 1 is 1.17 bits per heavy atom. The van der Waals surface area contributed by atoms with E-state index in [0.717, 1.165) is 24.1 Å². The highest BCUT2D eigenvalue weighted by Gasteiger charge is 2.29. The van der Waals surface area contributed by atoms with Crippen LogP contribution in [0.15, 0.2) is 52.5 Å². The maximum absolute atomic E-state index is 15.2. The number of carboxylic acids is 1. The molecular weight excluding hydrogens is 487 g/mol. The second-order valence-corrected chi connectivity index (χ2v) is 9.51. The Morgan fingerprint density at radius 2 is 1.89 bits per heavy atom. The van der Waals surface area contributed by atoms with Crippen LogP contribution >= 0.6 is 11.6 Å². The molecule has 0 spiro atoms. The molecule has 2 aromatic carbocycles. The summed E-state index contributed by atoms with van der Waals surface area (Å²) in [6.07, 6.45) is 3.20. The molecule has 8 nitrogen and oxygen atoms in total. The predicted octanol–water partition coefficient (Wildman–Crippen LogP) is 4.00. The van der Waals surface area contributed by atoms with Crippen molar-refractivity contribution < 1.29 is 19.1 Å². The fraction of sp³-hybridized carbons (Fsp3) is 0.346. The van der Waals surface area contributed by atoms with Crippen molar-refractivity contribution in [2.24, 2.45) is 5.16 Å². The summed E-state index contributed by atoms with van der Waals surface area (Å²) in [6, 6.07) is 10.5. The Kier molecular flexibility index (Phi) is 6.68. The van der Waals surface area contributed by atoms with Crippen LogP contribution in [0.2, 0.25) is 5.02 Å². The molecule has 1 saturated carbocycles. The number of aromatic nitrogens is 1. The highest BCUT2D eigenvalue weighted by molar-refractivity contribution is 6.34. The van der Waals surface area contributed by atoms with E-state index >= 15 is 4.39 Å². The molecular formula is C26H26ClFN4O4.